The van der Waals surface area contributed by atoms with Gasteiger partial charge in [-0.05, 0) is 36.5 Å². The van der Waals surface area contributed by atoms with Crippen LogP contribution in [0.3, 0.4) is 0 Å². The molecule has 0 bridgehead atoms. The lowest BCUT2D eigenvalue weighted by Crippen LogP contribution is -2.33. The average Bonchev–Trinajstić information content (AvgIpc) is 3.45. The maximum Gasteiger partial charge on any atom is 0.319 e. The number of nitrogens with zero attached hydrogens (tertiary/aromatic N) is 2. The molecule has 3 rings (SSSR count). The van der Waals surface area contributed by atoms with E-state index in [1.165, 1.54) is 11.1 Å². The zero-order valence-corrected chi connectivity index (χ0v) is 14.4. The zero-order valence-electron chi connectivity index (χ0n) is 14.4. The lowest BCUT2D eigenvalue weighted by Gasteiger charge is -2.19. The van der Waals surface area contributed by atoms with E-state index in [2.05, 4.69) is 15.6 Å². The van der Waals surface area contributed by atoms with Crippen LogP contribution in [0.4, 0.5) is 10.5 Å². The summed E-state index contributed by atoms with van der Waals surface area (Å²) in [6.45, 7) is 0. The zero-order chi connectivity index (χ0) is 17.8. The molecule has 6 nitrogen and oxygen atoms in total. The second-order valence-electron chi connectivity index (χ2n) is 6.45. The maximum absolute atomic E-state index is 12.4. The van der Waals surface area contributed by atoms with Crippen LogP contribution in [0, 0.1) is 5.92 Å². The monoisotopic (exact) mass is 338 g/mol. The van der Waals surface area contributed by atoms with Gasteiger partial charge in [0.15, 0.2) is 0 Å². The summed E-state index contributed by atoms with van der Waals surface area (Å²) in [5, 5.41) is 5.85. The molecule has 2 N–H and O–H groups in total. The van der Waals surface area contributed by atoms with E-state index in [-0.39, 0.29) is 18.0 Å². The predicted octanol–water partition coefficient (Wildman–Crippen LogP) is 3.06. The van der Waals surface area contributed by atoms with Gasteiger partial charge in [0.1, 0.15) is 5.69 Å². The number of carbonyl (C=O) groups excluding carboxylic acids is 2. The molecule has 1 fully saturated rings. The second-order valence-corrected chi connectivity index (χ2v) is 6.45. The molecule has 0 radical (unpaired) electrons. The number of aromatic nitrogens is 1. The third kappa shape index (κ3) is 4.35. The topological polar surface area (TPSA) is 74.3 Å². The molecule has 1 aliphatic carbocycles. The third-order valence-electron chi connectivity index (χ3n) is 4.18. The van der Waals surface area contributed by atoms with Crippen molar-refractivity contribution < 1.29 is 9.59 Å². The van der Waals surface area contributed by atoms with Crippen molar-refractivity contribution in [3.8, 4) is 0 Å². The summed E-state index contributed by atoms with van der Waals surface area (Å²) in [6, 6.07) is 13.0. The molecule has 130 valence electrons. The largest absolute Gasteiger partial charge is 0.343 e. The number of hydrogen-bond acceptors (Lipinski definition) is 3. The first kappa shape index (κ1) is 17.0. The van der Waals surface area contributed by atoms with Gasteiger partial charge in [-0.1, -0.05) is 30.3 Å². The molecular formula is C19H22N4O2. The molecular weight excluding hydrogens is 316 g/mol. The first-order valence-corrected chi connectivity index (χ1v) is 8.35. The summed E-state index contributed by atoms with van der Waals surface area (Å²) in [5.41, 5.74) is 1.95. The number of hydrogen-bond donors (Lipinski definition) is 2. The summed E-state index contributed by atoms with van der Waals surface area (Å²) >= 11 is 0. The molecule has 1 aromatic heterocycles. The molecule has 1 aliphatic rings. The van der Waals surface area contributed by atoms with Gasteiger partial charge in [0.25, 0.3) is 5.91 Å². The highest BCUT2D eigenvalue weighted by Crippen LogP contribution is 2.40. The van der Waals surface area contributed by atoms with Crippen LogP contribution in [-0.2, 0) is 0 Å². The van der Waals surface area contributed by atoms with E-state index in [9.17, 15) is 9.59 Å². The minimum Gasteiger partial charge on any atom is -0.343 e. The Balaban J connectivity index is 1.68. The number of pyridine rings is 1. The van der Waals surface area contributed by atoms with Gasteiger partial charge in [0, 0.05) is 26.0 Å². The van der Waals surface area contributed by atoms with Gasteiger partial charge in [-0.15, -0.1) is 0 Å². The fraction of sp³-hybridized carbons (Fsp3) is 0.316. The summed E-state index contributed by atoms with van der Waals surface area (Å²) in [7, 11) is 3.33. The van der Waals surface area contributed by atoms with E-state index in [1.807, 2.05) is 30.3 Å². The molecule has 0 aliphatic heterocycles. The van der Waals surface area contributed by atoms with Crippen molar-refractivity contribution in [3.63, 3.8) is 0 Å². The SMILES string of the molecule is CN(C)C(=O)c1cc(NC(=O)NC(c2ccccc2)C2CC2)ccn1. The highest BCUT2D eigenvalue weighted by molar-refractivity contribution is 5.95. The normalized spacial score (nSPS) is 14.5. The van der Waals surface area contributed by atoms with Crippen LogP contribution in [0.25, 0.3) is 0 Å². The summed E-state index contributed by atoms with van der Waals surface area (Å²) < 4.78 is 0. The molecule has 1 aromatic carbocycles. The number of rotatable bonds is 5. The van der Waals surface area contributed by atoms with Crippen molar-refractivity contribution in [2.45, 2.75) is 18.9 Å². The fourth-order valence-electron chi connectivity index (χ4n) is 2.73. The first-order valence-electron chi connectivity index (χ1n) is 8.35. The van der Waals surface area contributed by atoms with Crippen molar-refractivity contribution >= 4 is 17.6 Å². The van der Waals surface area contributed by atoms with E-state index < -0.39 is 0 Å². The molecule has 1 heterocycles. The van der Waals surface area contributed by atoms with Gasteiger partial charge in [0.05, 0.1) is 6.04 Å². The third-order valence-corrected chi connectivity index (χ3v) is 4.18. The quantitative estimate of drug-likeness (QED) is 0.880. The molecule has 6 heteroatoms. The van der Waals surface area contributed by atoms with Crippen LogP contribution in [0.15, 0.2) is 48.7 Å². The number of urea groups is 1. The Morgan fingerprint density at radius 1 is 1.16 bits per heavy atom. The van der Waals surface area contributed by atoms with E-state index in [0.717, 1.165) is 18.4 Å². The van der Waals surface area contributed by atoms with E-state index >= 15 is 0 Å². The van der Waals surface area contributed by atoms with Gasteiger partial charge < -0.3 is 15.5 Å². The Morgan fingerprint density at radius 3 is 2.52 bits per heavy atom. The van der Waals surface area contributed by atoms with Crippen molar-refractivity contribution in [1.29, 1.82) is 0 Å². The van der Waals surface area contributed by atoms with E-state index in [4.69, 9.17) is 0 Å². The molecule has 25 heavy (non-hydrogen) atoms. The van der Waals surface area contributed by atoms with Crippen molar-refractivity contribution in [1.82, 2.24) is 15.2 Å². The van der Waals surface area contributed by atoms with Crippen molar-refractivity contribution in [2.75, 3.05) is 19.4 Å². The lowest BCUT2D eigenvalue weighted by molar-refractivity contribution is 0.0822. The highest BCUT2D eigenvalue weighted by Gasteiger charge is 2.33. The molecule has 1 atom stereocenters. The summed E-state index contributed by atoms with van der Waals surface area (Å²) in [4.78, 5) is 29.9. The van der Waals surface area contributed by atoms with Crippen LogP contribution < -0.4 is 10.6 Å². The number of anilines is 1. The maximum atomic E-state index is 12.4. The van der Waals surface area contributed by atoms with Gasteiger partial charge in [-0.2, -0.15) is 0 Å². The van der Waals surface area contributed by atoms with Crippen LogP contribution >= 0.6 is 0 Å². The van der Waals surface area contributed by atoms with E-state index in [0.29, 0.717) is 17.3 Å². The molecule has 0 saturated heterocycles. The van der Waals surface area contributed by atoms with Gasteiger partial charge >= 0.3 is 6.03 Å². The number of amides is 3. The Bertz CT molecular complexity index is 757. The lowest BCUT2D eigenvalue weighted by atomic mass is 10.0. The van der Waals surface area contributed by atoms with Crippen LogP contribution in [-0.4, -0.2) is 35.9 Å². The standard InChI is InChI=1S/C19H22N4O2/c1-23(2)18(24)16-12-15(10-11-20-16)21-19(25)22-17(14-8-9-14)13-6-4-3-5-7-13/h3-7,10-12,14,17H,8-9H2,1-2H3,(H2,20,21,22,25). The number of carbonyl (C=O) groups is 2. The van der Waals surface area contributed by atoms with Crippen molar-refractivity contribution in [3.05, 3.63) is 59.9 Å². The minimum atomic E-state index is -0.282. The van der Waals surface area contributed by atoms with Crippen LogP contribution in [0.5, 0.6) is 0 Å². The molecule has 1 unspecified atom stereocenters. The van der Waals surface area contributed by atoms with E-state index in [1.54, 1.807) is 26.2 Å². The molecule has 0 spiro atoms. The first-order chi connectivity index (χ1) is 12.0. The number of nitrogens with one attached hydrogen (secondary N) is 2. The van der Waals surface area contributed by atoms with Gasteiger partial charge in [-0.25, -0.2) is 4.79 Å². The Kier molecular flexibility index (Phi) is 4.97. The minimum absolute atomic E-state index is 0.00548. The predicted molar refractivity (Wildman–Crippen MR) is 96.3 cm³/mol. The number of benzene rings is 1. The Morgan fingerprint density at radius 2 is 1.88 bits per heavy atom. The van der Waals surface area contributed by atoms with Gasteiger partial charge in [0.2, 0.25) is 0 Å². The van der Waals surface area contributed by atoms with Gasteiger partial charge in [-0.3, -0.25) is 9.78 Å². The fourth-order valence-corrected chi connectivity index (χ4v) is 2.73. The Labute approximate surface area is 147 Å². The molecule has 1 saturated carbocycles. The van der Waals surface area contributed by atoms with Crippen LogP contribution in [0.1, 0.15) is 34.9 Å². The summed E-state index contributed by atoms with van der Waals surface area (Å²) in [5.74, 6) is 0.278. The average molecular weight is 338 g/mol. The Hall–Kier alpha value is -2.89. The molecule has 2 aromatic rings. The molecule has 3 amide bonds. The van der Waals surface area contributed by atoms with Crippen LogP contribution in [0.2, 0.25) is 0 Å². The highest BCUT2D eigenvalue weighted by atomic mass is 16.2. The second kappa shape index (κ2) is 7.34. The summed E-state index contributed by atoms with van der Waals surface area (Å²) in [6.07, 6.45) is 3.76. The smallest absolute Gasteiger partial charge is 0.319 e. The van der Waals surface area contributed by atoms with Crippen molar-refractivity contribution in [2.24, 2.45) is 5.92 Å².